The molecule has 0 fully saturated rings. The number of amides is 2. The van der Waals surface area contributed by atoms with Crippen molar-refractivity contribution in [3.8, 4) is 0 Å². The van der Waals surface area contributed by atoms with Gasteiger partial charge in [0, 0.05) is 25.4 Å². The van der Waals surface area contributed by atoms with Crippen LogP contribution in [-0.4, -0.2) is 48.3 Å². The quantitative estimate of drug-likeness (QED) is 0.837. The maximum atomic E-state index is 12.1. The molecule has 0 aliphatic carbocycles. The Kier molecular flexibility index (Phi) is 5.99. The summed E-state index contributed by atoms with van der Waals surface area (Å²) in [4.78, 5) is 24.5. The number of anilines is 1. The minimum absolute atomic E-state index is 0.0449. The van der Waals surface area contributed by atoms with Crippen molar-refractivity contribution in [2.24, 2.45) is 0 Å². The first-order valence-corrected chi connectivity index (χ1v) is 6.35. The predicted molar refractivity (Wildman–Crippen MR) is 76.1 cm³/mol. The number of carbonyl (C=O) groups excluding carboxylic acids is 1. The number of rotatable bonds is 6. The second kappa shape index (κ2) is 7.49. The predicted octanol–water partition coefficient (Wildman–Crippen LogP) is 2.27. The fourth-order valence-corrected chi connectivity index (χ4v) is 1.68. The number of nitrogens with zero attached hydrogens (tertiary/aromatic N) is 1. The molecule has 2 amide bonds. The highest BCUT2D eigenvalue weighted by Crippen LogP contribution is 2.11. The molecule has 0 aliphatic rings. The summed E-state index contributed by atoms with van der Waals surface area (Å²) in [6, 6.07) is 5.84. The van der Waals surface area contributed by atoms with Gasteiger partial charge in [-0.15, -0.1) is 0 Å². The number of carbonyl (C=O) groups is 2. The van der Waals surface area contributed by atoms with Crippen molar-refractivity contribution >= 4 is 17.7 Å². The van der Waals surface area contributed by atoms with Gasteiger partial charge in [-0.05, 0) is 38.1 Å². The lowest BCUT2D eigenvalue weighted by atomic mass is 10.2. The molecule has 0 aromatic heterocycles. The number of carboxylic acid groups (broad SMARTS) is 1. The molecule has 0 bridgehead atoms. The molecule has 20 heavy (non-hydrogen) atoms. The maximum Gasteiger partial charge on any atom is 0.335 e. The van der Waals surface area contributed by atoms with Gasteiger partial charge < -0.3 is 20.1 Å². The van der Waals surface area contributed by atoms with Crippen LogP contribution in [0.5, 0.6) is 0 Å². The first kappa shape index (κ1) is 16.0. The summed E-state index contributed by atoms with van der Waals surface area (Å²) in [6.07, 6.45) is 0. The highest BCUT2D eigenvalue weighted by molar-refractivity contribution is 5.91. The molecule has 6 heteroatoms. The van der Waals surface area contributed by atoms with Crippen molar-refractivity contribution in [2.75, 3.05) is 25.6 Å². The summed E-state index contributed by atoms with van der Waals surface area (Å²) in [6.45, 7) is 4.79. The Hall–Kier alpha value is -2.08. The molecule has 0 saturated carbocycles. The van der Waals surface area contributed by atoms with Crippen LogP contribution in [0.4, 0.5) is 10.5 Å². The van der Waals surface area contributed by atoms with Crippen molar-refractivity contribution in [1.29, 1.82) is 0 Å². The minimum Gasteiger partial charge on any atom is -0.478 e. The monoisotopic (exact) mass is 280 g/mol. The number of benzene rings is 1. The summed E-state index contributed by atoms with van der Waals surface area (Å²) in [5.74, 6) is -0.994. The Balaban J connectivity index is 2.69. The zero-order chi connectivity index (χ0) is 15.1. The summed E-state index contributed by atoms with van der Waals surface area (Å²) in [7, 11) is 1.58. The van der Waals surface area contributed by atoms with E-state index >= 15 is 0 Å². The lowest BCUT2D eigenvalue weighted by molar-refractivity contribution is 0.0697. The fraction of sp³-hybridized carbons (Fsp3) is 0.429. The van der Waals surface area contributed by atoms with Gasteiger partial charge in [0.2, 0.25) is 0 Å². The lowest BCUT2D eigenvalue weighted by Gasteiger charge is -2.26. The van der Waals surface area contributed by atoms with Gasteiger partial charge in [-0.3, -0.25) is 0 Å². The van der Waals surface area contributed by atoms with Crippen LogP contribution >= 0.6 is 0 Å². The second-order valence-electron chi connectivity index (χ2n) is 4.59. The summed E-state index contributed by atoms with van der Waals surface area (Å²) in [5.41, 5.74) is 0.742. The topological polar surface area (TPSA) is 78.9 Å². The zero-order valence-corrected chi connectivity index (χ0v) is 11.9. The van der Waals surface area contributed by atoms with Crippen LogP contribution in [-0.2, 0) is 4.74 Å². The Morgan fingerprint density at radius 2 is 1.90 bits per heavy atom. The number of hydrogen-bond acceptors (Lipinski definition) is 3. The largest absolute Gasteiger partial charge is 0.478 e. The van der Waals surface area contributed by atoms with Gasteiger partial charge in [-0.2, -0.15) is 0 Å². The zero-order valence-electron chi connectivity index (χ0n) is 11.9. The van der Waals surface area contributed by atoms with Crippen LogP contribution in [0, 0.1) is 0 Å². The fourth-order valence-electron chi connectivity index (χ4n) is 1.68. The molecule has 1 aromatic carbocycles. The average molecular weight is 280 g/mol. The van der Waals surface area contributed by atoms with Gasteiger partial charge in [-0.25, -0.2) is 9.59 Å². The van der Waals surface area contributed by atoms with Crippen molar-refractivity contribution in [3.63, 3.8) is 0 Å². The Labute approximate surface area is 118 Å². The molecule has 0 radical (unpaired) electrons. The molecule has 0 atom stereocenters. The van der Waals surface area contributed by atoms with Crippen LogP contribution in [0.3, 0.4) is 0 Å². The normalized spacial score (nSPS) is 10.4. The molecule has 0 spiro atoms. The van der Waals surface area contributed by atoms with Crippen LogP contribution in [0.2, 0.25) is 0 Å². The molecule has 0 aliphatic heterocycles. The van der Waals surface area contributed by atoms with Crippen LogP contribution < -0.4 is 5.32 Å². The summed E-state index contributed by atoms with van der Waals surface area (Å²) < 4.78 is 4.98. The van der Waals surface area contributed by atoms with E-state index in [1.54, 1.807) is 24.1 Å². The molecule has 1 aromatic rings. The third-order valence-corrected chi connectivity index (χ3v) is 2.80. The first-order chi connectivity index (χ1) is 9.45. The van der Waals surface area contributed by atoms with Gasteiger partial charge in [-0.1, -0.05) is 0 Å². The van der Waals surface area contributed by atoms with Gasteiger partial charge in [0.25, 0.3) is 0 Å². The molecule has 2 N–H and O–H groups in total. The van der Waals surface area contributed by atoms with Crippen LogP contribution in [0.25, 0.3) is 0 Å². The molecule has 0 unspecified atom stereocenters. The standard InChI is InChI=1S/C14H20N2O4/c1-10(2)16(8-9-20-3)14(19)15-12-6-4-11(5-7-12)13(17)18/h4-7,10H,8-9H2,1-3H3,(H,15,19)(H,17,18). The third kappa shape index (κ3) is 4.55. The maximum absolute atomic E-state index is 12.1. The van der Waals surface area contributed by atoms with E-state index in [1.807, 2.05) is 13.8 Å². The second-order valence-corrected chi connectivity index (χ2v) is 4.59. The van der Waals surface area contributed by atoms with E-state index in [4.69, 9.17) is 9.84 Å². The van der Waals surface area contributed by atoms with Crippen LogP contribution in [0.1, 0.15) is 24.2 Å². The number of aromatic carboxylic acids is 1. The SMILES string of the molecule is COCCN(C(=O)Nc1ccc(C(=O)O)cc1)C(C)C. The van der Waals surface area contributed by atoms with E-state index in [2.05, 4.69) is 5.32 Å². The van der Waals surface area contributed by atoms with E-state index in [1.165, 1.54) is 12.1 Å². The van der Waals surface area contributed by atoms with E-state index in [-0.39, 0.29) is 17.6 Å². The van der Waals surface area contributed by atoms with E-state index in [9.17, 15) is 9.59 Å². The molecule has 110 valence electrons. The highest BCUT2D eigenvalue weighted by Gasteiger charge is 2.16. The van der Waals surface area contributed by atoms with Crippen molar-refractivity contribution in [1.82, 2.24) is 4.90 Å². The van der Waals surface area contributed by atoms with Gasteiger partial charge >= 0.3 is 12.0 Å². The minimum atomic E-state index is -0.994. The smallest absolute Gasteiger partial charge is 0.335 e. The summed E-state index contributed by atoms with van der Waals surface area (Å²) in [5, 5.41) is 11.5. The Bertz CT molecular complexity index is 457. The molecular weight excluding hydrogens is 260 g/mol. The molecule has 1 rings (SSSR count). The van der Waals surface area contributed by atoms with Gasteiger partial charge in [0.05, 0.1) is 12.2 Å². The van der Waals surface area contributed by atoms with Gasteiger partial charge in [0.1, 0.15) is 0 Å². The third-order valence-electron chi connectivity index (χ3n) is 2.80. The number of hydrogen-bond donors (Lipinski definition) is 2. The number of nitrogens with one attached hydrogen (secondary N) is 1. The molecule has 0 saturated heterocycles. The molecule has 0 heterocycles. The Morgan fingerprint density at radius 3 is 2.35 bits per heavy atom. The first-order valence-electron chi connectivity index (χ1n) is 6.35. The lowest BCUT2D eigenvalue weighted by Crippen LogP contribution is -2.42. The number of carboxylic acids is 1. The van der Waals surface area contributed by atoms with Crippen molar-refractivity contribution < 1.29 is 19.4 Å². The van der Waals surface area contributed by atoms with Crippen LogP contribution in [0.15, 0.2) is 24.3 Å². The highest BCUT2D eigenvalue weighted by atomic mass is 16.5. The van der Waals surface area contributed by atoms with Gasteiger partial charge in [0.15, 0.2) is 0 Å². The van der Waals surface area contributed by atoms with Crippen molar-refractivity contribution in [2.45, 2.75) is 19.9 Å². The molecular formula is C14H20N2O4. The van der Waals surface area contributed by atoms with E-state index < -0.39 is 5.97 Å². The molecule has 6 nitrogen and oxygen atoms in total. The Morgan fingerprint density at radius 1 is 1.30 bits per heavy atom. The number of ether oxygens (including phenoxy) is 1. The van der Waals surface area contributed by atoms with E-state index in [0.29, 0.717) is 18.8 Å². The average Bonchev–Trinajstić information content (AvgIpc) is 2.39. The summed E-state index contributed by atoms with van der Waals surface area (Å²) >= 11 is 0. The van der Waals surface area contributed by atoms with Crippen molar-refractivity contribution in [3.05, 3.63) is 29.8 Å². The number of methoxy groups -OCH3 is 1. The van der Waals surface area contributed by atoms with E-state index in [0.717, 1.165) is 0 Å². The number of urea groups is 1.